The van der Waals surface area contributed by atoms with Gasteiger partial charge in [-0.15, -0.1) is 0 Å². The Morgan fingerprint density at radius 2 is 1.88 bits per heavy atom. The molecule has 92 valence electrons. The van der Waals surface area contributed by atoms with Crippen LogP contribution in [0.2, 0.25) is 0 Å². The van der Waals surface area contributed by atoms with Crippen LogP contribution in [0, 0.1) is 0 Å². The van der Waals surface area contributed by atoms with Crippen LogP contribution in [0.3, 0.4) is 0 Å². The summed E-state index contributed by atoms with van der Waals surface area (Å²) in [7, 11) is 3.93. The van der Waals surface area contributed by atoms with E-state index in [1.165, 1.54) is 0 Å². The molecule has 0 unspecified atom stereocenters. The lowest BCUT2D eigenvalue weighted by Gasteiger charge is -2.31. The van der Waals surface area contributed by atoms with Gasteiger partial charge in [-0.05, 0) is 37.1 Å². The number of nitrogens with zero attached hydrogens (tertiary/aromatic N) is 1. The zero-order valence-electron chi connectivity index (χ0n) is 10.2. The summed E-state index contributed by atoms with van der Waals surface area (Å²) in [6, 6.07) is 7.61. The van der Waals surface area contributed by atoms with E-state index in [4.69, 9.17) is 5.11 Å². The molecule has 1 aliphatic rings. The topological polar surface area (TPSA) is 52.6 Å². The molecule has 1 fully saturated rings. The summed E-state index contributed by atoms with van der Waals surface area (Å²) in [5.41, 5.74) is 1.73. The molecule has 0 aromatic heterocycles. The number of amides is 1. The molecule has 0 radical (unpaired) electrons. The maximum Gasteiger partial charge on any atom is 0.251 e. The molecular weight excluding hydrogens is 216 g/mol. The van der Waals surface area contributed by atoms with Crippen LogP contribution in [0.25, 0.3) is 0 Å². The molecule has 2 N–H and O–H groups in total. The minimum Gasteiger partial charge on any atom is -0.393 e. The highest BCUT2D eigenvalue weighted by atomic mass is 16.3. The number of carbonyl (C=O) groups excluding carboxylic acids is 1. The molecule has 0 aliphatic heterocycles. The fourth-order valence-electron chi connectivity index (χ4n) is 1.89. The number of aliphatic hydroxyl groups is 1. The first kappa shape index (κ1) is 11.9. The van der Waals surface area contributed by atoms with Crippen molar-refractivity contribution in [3.05, 3.63) is 29.8 Å². The fourth-order valence-corrected chi connectivity index (χ4v) is 1.89. The summed E-state index contributed by atoms with van der Waals surface area (Å²) in [4.78, 5) is 13.8. The number of hydrogen-bond acceptors (Lipinski definition) is 3. The first-order chi connectivity index (χ1) is 8.06. The largest absolute Gasteiger partial charge is 0.393 e. The third-order valence-electron chi connectivity index (χ3n) is 3.09. The van der Waals surface area contributed by atoms with Gasteiger partial charge >= 0.3 is 0 Å². The normalized spacial score (nSPS) is 22.8. The fraction of sp³-hybridized carbons (Fsp3) is 0.462. The molecule has 1 aliphatic carbocycles. The Hall–Kier alpha value is -1.55. The third kappa shape index (κ3) is 2.77. The average Bonchev–Trinajstić information content (AvgIpc) is 2.27. The van der Waals surface area contributed by atoms with Gasteiger partial charge in [0.2, 0.25) is 0 Å². The zero-order valence-corrected chi connectivity index (χ0v) is 10.2. The Bertz CT molecular complexity index is 394. The highest BCUT2D eigenvalue weighted by Crippen LogP contribution is 2.20. The second-order valence-electron chi connectivity index (χ2n) is 4.74. The van der Waals surface area contributed by atoms with Gasteiger partial charge in [-0.1, -0.05) is 0 Å². The van der Waals surface area contributed by atoms with Crippen molar-refractivity contribution in [3.63, 3.8) is 0 Å². The van der Waals surface area contributed by atoms with Gasteiger partial charge in [-0.25, -0.2) is 0 Å². The summed E-state index contributed by atoms with van der Waals surface area (Å²) in [5.74, 6) is -0.0628. The van der Waals surface area contributed by atoms with Crippen molar-refractivity contribution in [2.75, 3.05) is 19.0 Å². The SMILES string of the molecule is CN(C)c1ccc(C(=O)NC2CC(O)C2)cc1. The van der Waals surface area contributed by atoms with E-state index < -0.39 is 0 Å². The lowest BCUT2D eigenvalue weighted by molar-refractivity contribution is 0.0562. The number of rotatable bonds is 3. The Balaban J connectivity index is 1.95. The molecular formula is C13H18N2O2. The van der Waals surface area contributed by atoms with Crippen LogP contribution >= 0.6 is 0 Å². The molecule has 0 spiro atoms. The summed E-state index contributed by atoms with van der Waals surface area (Å²) >= 11 is 0. The van der Waals surface area contributed by atoms with Gasteiger partial charge in [-0.2, -0.15) is 0 Å². The van der Waals surface area contributed by atoms with Crippen molar-refractivity contribution in [2.45, 2.75) is 25.0 Å². The van der Waals surface area contributed by atoms with E-state index in [1.807, 2.05) is 43.3 Å². The van der Waals surface area contributed by atoms with Crippen molar-refractivity contribution < 1.29 is 9.90 Å². The lowest BCUT2D eigenvalue weighted by Crippen LogP contribution is -2.46. The average molecular weight is 234 g/mol. The van der Waals surface area contributed by atoms with Crippen LogP contribution in [0.1, 0.15) is 23.2 Å². The first-order valence-electron chi connectivity index (χ1n) is 5.82. The summed E-state index contributed by atoms with van der Waals surface area (Å²) in [5, 5.41) is 12.0. The Morgan fingerprint density at radius 1 is 1.29 bits per heavy atom. The van der Waals surface area contributed by atoms with Crippen molar-refractivity contribution in [3.8, 4) is 0 Å². The van der Waals surface area contributed by atoms with Crippen molar-refractivity contribution >= 4 is 11.6 Å². The molecule has 4 nitrogen and oxygen atoms in total. The van der Waals surface area contributed by atoms with Gasteiger partial charge in [-0.3, -0.25) is 4.79 Å². The molecule has 1 saturated carbocycles. The van der Waals surface area contributed by atoms with E-state index in [1.54, 1.807) is 0 Å². The highest BCUT2D eigenvalue weighted by Gasteiger charge is 2.28. The van der Waals surface area contributed by atoms with E-state index in [9.17, 15) is 4.79 Å². The van der Waals surface area contributed by atoms with Gasteiger partial charge in [0.05, 0.1) is 6.10 Å². The van der Waals surface area contributed by atoms with E-state index in [-0.39, 0.29) is 18.1 Å². The summed E-state index contributed by atoms with van der Waals surface area (Å²) < 4.78 is 0. The molecule has 4 heteroatoms. The van der Waals surface area contributed by atoms with E-state index in [0.29, 0.717) is 18.4 Å². The minimum absolute atomic E-state index is 0.0628. The van der Waals surface area contributed by atoms with Gasteiger partial charge in [0.25, 0.3) is 5.91 Å². The standard InChI is InChI=1S/C13H18N2O2/c1-15(2)11-5-3-9(4-6-11)13(17)14-10-7-12(16)8-10/h3-6,10,12,16H,7-8H2,1-2H3,(H,14,17). The molecule has 17 heavy (non-hydrogen) atoms. The summed E-state index contributed by atoms with van der Waals surface area (Å²) in [6.45, 7) is 0. The monoisotopic (exact) mass is 234 g/mol. The van der Waals surface area contributed by atoms with E-state index in [2.05, 4.69) is 5.32 Å². The second kappa shape index (κ2) is 4.75. The van der Waals surface area contributed by atoms with Crippen molar-refractivity contribution in [1.29, 1.82) is 0 Å². The molecule has 2 rings (SSSR count). The molecule has 1 aromatic rings. The Morgan fingerprint density at radius 3 is 2.35 bits per heavy atom. The summed E-state index contributed by atoms with van der Waals surface area (Å²) in [6.07, 6.45) is 1.10. The minimum atomic E-state index is -0.239. The van der Waals surface area contributed by atoms with Crippen LogP contribution in [0.5, 0.6) is 0 Å². The smallest absolute Gasteiger partial charge is 0.251 e. The Labute approximate surface area is 101 Å². The first-order valence-corrected chi connectivity index (χ1v) is 5.82. The molecule has 1 aromatic carbocycles. The molecule has 0 heterocycles. The number of aliphatic hydroxyl groups excluding tert-OH is 1. The highest BCUT2D eigenvalue weighted by molar-refractivity contribution is 5.94. The van der Waals surface area contributed by atoms with E-state index >= 15 is 0 Å². The van der Waals surface area contributed by atoms with Crippen LogP contribution in [-0.4, -0.2) is 37.3 Å². The molecule has 0 bridgehead atoms. The lowest BCUT2D eigenvalue weighted by atomic mass is 9.89. The molecule has 0 saturated heterocycles. The van der Waals surface area contributed by atoms with Crippen molar-refractivity contribution in [2.24, 2.45) is 0 Å². The van der Waals surface area contributed by atoms with Crippen molar-refractivity contribution in [1.82, 2.24) is 5.32 Å². The van der Waals surface area contributed by atoms with Crippen LogP contribution in [0.4, 0.5) is 5.69 Å². The second-order valence-corrected chi connectivity index (χ2v) is 4.74. The maximum atomic E-state index is 11.8. The van der Waals surface area contributed by atoms with E-state index in [0.717, 1.165) is 5.69 Å². The Kier molecular flexibility index (Phi) is 3.33. The number of anilines is 1. The van der Waals surface area contributed by atoms with Gasteiger partial charge in [0, 0.05) is 31.4 Å². The zero-order chi connectivity index (χ0) is 12.4. The predicted molar refractivity (Wildman–Crippen MR) is 67.3 cm³/mol. The van der Waals surface area contributed by atoms with Crippen LogP contribution in [-0.2, 0) is 0 Å². The van der Waals surface area contributed by atoms with Crippen LogP contribution in [0.15, 0.2) is 24.3 Å². The maximum absolute atomic E-state index is 11.8. The number of nitrogens with one attached hydrogen (secondary N) is 1. The van der Waals surface area contributed by atoms with Gasteiger partial charge in [0.1, 0.15) is 0 Å². The number of hydrogen-bond donors (Lipinski definition) is 2. The third-order valence-corrected chi connectivity index (χ3v) is 3.09. The number of benzene rings is 1. The van der Waals surface area contributed by atoms with Gasteiger partial charge < -0.3 is 15.3 Å². The van der Waals surface area contributed by atoms with Crippen LogP contribution < -0.4 is 10.2 Å². The van der Waals surface area contributed by atoms with Gasteiger partial charge in [0.15, 0.2) is 0 Å². The quantitative estimate of drug-likeness (QED) is 0.820. The molecule has 0 atom stereocenters. The predicted octanol–water partition coefficient (Wildman–Crippen LogP) is 1.01. The number of carbonyl (C=O) groups is 1. The molecule has 1 amide bonds.